The van der Waals surface area contributed by atoms with Crippen LogP contribution in [0.2, 0.25) is 0 Å². The van der Waals surface area contributed by atoms with Crippen molar-refractivity contribution >= 4 is 21.4 Å². The molecule has 0 amide bonds. The van der Waals surface area contributed by atoms with Gasteiger partial charge in [-0.15, -0.1) is 0 Å². The van der Waals surface area contributed by atoms with Crippen LogP contribution in [-0.2, 0) is 23.0 Å². The van der Waals surface area contributed by atoms with E-state index in [4.69, 9.17) is 4.74 Å². The number of thiophene rings is 1. The number of rotatable bonds is 7. The van der Waals surface area contributed by atoms with Crippen LogP contribution in [0, 0.1) is 13.8 Å². The van der Waals surface area contributed by atoms with Crippen LogP contribution in [0.3, 0.4) is 0 Å². The zero-order valence-corrected chi connectivity index (χ0v) is 19.7. The van der Waals surface area contributed by atoms with Crippen molar-refractivity contribution in [2.75, 3.05) is 20.2 Å². The van der Waals surface area contributed by atoms with Gasteiger partial charge >= 0.3 is 0 Å². The van der Waals surface area contributed by atoms with Gasteiger partial charge in [0.25, 0.3) is 0 Å². The molecule has 1 N–H and O–H groups in total. The van der Waals surface area contributed by atoms with Crippen LogP contribution in [0.5, 0.6) is 5.75 Å². The van der Waals surface area contributed by atoms with Gasteiger partial charge in [0, 0.05) is 25.7 Å². The van der Waals surface area contributed by atoms with Crippen LogP contribution in [0.25, 0.3) is 0 Å². The van der Waals surface area contributed by atoms with Crippen LogP contribution in [0.15, 0.2) is 58.1 Å². The SMILES string of the molecule is COc1cc(C)c(C)cc1S(=O)(=O)NCC(c1ccsc1)N1CCc2ccccc2C1. The fraction of sp³-hybridized carbons (Fsp3) is 0.333. The summed E-state index contributed by atoms with van der Waals surface area (Å²) in [5.74, 6) is 0.370. The summed E-state index contributed by atoms with van der Waals surface area (Å²) in [6, 6.07) is 14.0. The van der Waals surface area contributed by atoms with E-state index in [2.05, 4.69) is 45.3 Å². The van der Waals surface area contributed by atoms with E-state index in [-0.39, 0.29) is 10.9 Å². The molecule has 0 aliphatic carbocycles. The highest BCUT2D eigenvalue weighted by Gasteiger charge is 2.28. The number of hydrogen-bond acceptors (Lipinski definition) is 5. The van der Waals surface area contributed by atoms with Crippen LogP contribution < -0.4 is 9.46 Å². The first-order valence-electron chi connectivity index (χ1n) is 10.4. The highest BCUT2D eigenvalue weighted by atomic mass is 32.2. The second kappa shape index (κ2) is 9.12. The predicted octanol–water partition coefficient (Wildman–Crippen LogP) is 4.45. The minimum atomic E-state index is -3.73. The maximum absolute atomic E-state index is 13.2. The molecule has 0 saturated carbocycles. The molecule has 164 valence electrons. The van der Waals surface area contributed by atoms with Gasteiger partial charge in [-0.3, -0.25) is 4.90 Å². The molecule has 1 atom stereocenters. The summed E-state index contributed by atoms with van der Waals surface area (Å²) in [5, 5.41) is 4.15. The van der Waals surface area contributed by atoms with E-state index in [1.807, 2.05) is 19.2 Å². The summed E-state index contributed by atoms with van der Waals surface area (Å²) < 4.78 is 34.7. The smallest absolute Gasteiger partial charge is 0.244 e. The Kier molecular flexibility index (Phi) is 6.48. The summed E-state index contributed by atoms with van der Waals surface area (Å²) in [6.07, 6.45) is 0.967. The lowest BCUT2D eigenvalue weighted by Gasteiger charge is -2.35. The molecule has 0 fully saturated rings. The minimum Gasteiger partial charge on any atom is -0.495 e. The van der Waals surface area contributed by atoms with E-state index in [9.17, 15) is 8.42 Å². The average molecular weight is 457 g/mol. The predicted molar refractivity (Wildman–Crippen MR) is 125 cm³/mol. The molecule has 5 nitrogen and oxygen atoms in total. The van der Waals surface area contributed by atoms with Crippen molar-refractivity contribution in [2.24, 2.45) is 0 Å². The highest BCUT2D eigenvalue weighted by molar-refractivity contribution is 7.89. The monoisotopic (exact) mass is 456 g/mol. The Bertz CT molecular complexity index is 1160. The summed E-state index contributed by atoms with van der Waals surface area (Å²) in [4.78, 5) is 2.55. The summed E-state index contributed by atoms with van der Waals surface area (Å²) >= 11 is 1.63. The van der Waals surface area contributed by atoms with Gasteiger partial charge in [0.2, 0.25) is 10.0 Å². The summed E-state index contributed by atoms with van der Waals surface area (Å²) in [6.45, 7) is 5.87. The first kappa shape index (κ1) is 22.0. The van der Waals surface area contributed by atoms with E-state index in [0.29, 0.717) is 12.3 Å². The quantitative estimate of drug-likeness (QED) is 0.571. The molecule has 0 spiro atoms. The van der Waals surface area contributed by atoms with Gasteiger partial charge in [0.05, 0.1) is 7.11 Å². The van der Waals surface area contributed by atoms with Crippen molar-refractivity contribution < 1.29 is 13.2 Å². The van der Waals surface area contributed by atoms with Gasteiger partial charge in [0.1, 0.15) is 10.6 Å². The van der Waals surface area contributed by atoms with Gasteiger partial charge in [0.15, 0.2) is 0 Å². The van der Waals surface area contributed by atoms with E-state index >= 15 is 0 Å². The van der Waals surface area contributed by atoms with E-state index in [0.717, 1.165) is 36.2 Å². The average Bonchev–Trinajstić information content (AvgIpc) is 3.29. The Hall–Kier alpha value is -2.19. The number of nitrogens with one attached hydrogen (secondary N) is 1. The third kappa shape index (κ3) is 4.70. The second-order valence-corrected chi connectivity index (χ2v) is 10.5. The zero-order valence-electron chi connectivity index (χ0n) is 18.1. The molecule has 31 heavy (non-hydrogen) atoms. The van der Waals surface area contributed by atoms with Crippen molar-refractivity contribution in [1.29, 1.82) is 0 Å². The van der Waals surface area contributed by atoms with E-state index in [1.165, 1.54) is 18.2 Å². The number of nitrogens with zero attached hydrogens (tertiary/aromatic N) is 1. The first-order valence-corrected chi connectivity index (χ1v) is 12.8. The number of sulfonamides is 1. The number of aryl methyl sites for hydroxylation is 2. The lowest BCUT2D eigenvalue weighted by atomic mass is 9.97. The molecule has 7 heteroatoms. The topological polar surface area (TPSA) is 58.6 Å². The number of ether oxygens (including phenoxy) is 1. The van der Waals surface area contributed by atoms with Crippen LogP contribution >= 0.6 is 11.3 Å². The second-order valence-electron chi connectivity index (χ2n) is 8.00. The van der Waals surface area contributed by atoms with Gasteiger partial charge in [-0.2, -0.15) is 11.3 Å². The van der Waals surface area contributed by atoms with E-state index < -0.39 is 10.0 Å². The summed E-state index contributed by atoms with van der Waals surface area (Å²) in [5.41, 5.74) is 5.75. The van der Waals surface area contributed by atoms with Crippen molar-refractivity contribution in [3.05, 3.63) is 81.0 Å². The van der Waals surface area contributed by atoms with Gasteiger partial charge in [-0.05, 0) is 77.0 Å². The molecule has 1 aliphatic heterocycles. The number of methoxy groups -OCH3 is 1. The van der Waals surface area contributed by atoms with E-state index in [1.54, 1.807) is 23.5 Å². The molecule has 0 bridgehead atoms. The summed E-state index contributed by atoms with van der Waals surface area (Å²) in [7, 11) is -2.22. The molecule has 0 saturated heterocycles. The Morgan fingerprint density at radius 3 is 2.58 bits per heavy atom. The number of fused-ring (bicyclic) bond motifs is 1. The number of benzene rings is 2. The molecule has 1 aromatic heterocycles. The molecule has 3 aromatic rings. The Morgan fingerprint density at radius 2 is 1.87 bits per heavy atom. The molecule has 0 radical (unpaired) electrons. The Balaban J connectivity index is 1.59. The highest BCUT2D eigenvalue weighted by Crippen LogP contribution is 2.31. The van der Waals surface area contributed by atoms with Crippen LogP contribution in [0.4, 0.5) is 0 Å². The maximum Gasteiger partial charge on any atom is 0.244 e. The van der Waals surface area contributed by atoms with Crippen molar-refractivity contribution in [3.63, 3.8) is 0 Å². The largest absolute Gasteiger partial charge is 0.495 e. The van der Waals surface area contributed by atoms with Gasteiger partial charge in [-0.1, -0.05) is 24.3 Å². The Labute approximate surface area is 188 Å². The number of hydrogen-bond donors (Lipinski definition) is 1. The molecule has 1 unspecified atom stereocenters. The van der Waals surface area contributed by atoms with Gasteiger partial charge < -0.3 is 4.74 Å². The third-order valence-electron chi connectivity index (χ3n) is 6.07. The third-order valence-corrected chi connectivity index (χ3v) is 8.21. The fourth-order valence-corrected chi connectivity index (χ4v) is 6.08. The Morgan fingerprint density at radius 1 is 1.13 bits per heavy atom. The van der Waals surface area contributed by atoms with Crippen molar-refractivity contribution in [1.82, 2.24) is 9.62 Å². The molecule has 4 rings (SSSR count). The van der Waals surface area contributed by atoms with Crippen molar-refractivity contribution in [3.8, 4) is 5.75 Å². The molecule has 2 aromatic carbocycles. The first-order chi connectivity index (χ1) is 14.9. The normalized spacial score (nSPS) is 15.5. The molecule has 2 heterocycles. The van der Waals surface area contributed by atoms with Crippen LogP contribution in [0.1, 0.15) is 33.9 Å². The molecular formula is C24H28N2O3S2. The molecule has 1 aliphatic rings. The fourth-order valence-electron chi connectivity index (χ4n) is 4.11. The maximum atomic E-state index is 13.2. The van der Waals surface area contributed by atoms with Crippen LogP contribution in [-0.4, -0.2) is 33.5 Å². The lowest BCUT2D eigenvalue weighted by molar-refractivity contribution is 0.180. The van der Waals surface area contributed by atoms with Crippen molar-refractivity contribution in [2.45, 2.75) is 37.8 Å². The standard InChI is InChI=1S/C24H28N2O3S2/c1-17-12-23(29-3)24(13-18(17)2)31(27,28)25-14-22(21-9-11-30-16-21)26-10-8-19-6-4-5-7-20(19)15-26/h4-7,9,11-13,16,22,25H,8,10,14-15H2,1-3H3. The van der Waals surface area contributed by atoms with Gasteiger partial charge in [-0.25, -0.2) is 13.1 Å². The zero-order chi connectivity index (χ0) is 22.0. The minimum absolute atomic E-state index is 0.0353. The molecular weight excluding hydrogens is 428 g/mol. The lowest BCUT2D eigenvalue weighted by Crippen LogP contribution is -2.40.